The number of nitrogens with zero attached hydrogens (tertiary/aromatic N) is 3. The molecule has 3 rings (SSSR count). The van der Waals surface area contributed by atoms with Gasteiger partial charge in [-0.25, -0.2) is 5.06 Å². The smallest absolute Gasteiger partial charge is 0.473 e. The van der Waals surface area contributed by atoms with Crippen LogP contribution >= 0.6 is 11.3 Å². The number of benzene rings is 1. The van der Waals surface area contributed by atoms with Crippen molar-refractivity contribution in [2.75, 3.05) is 19.8 Å². The molecule has 2 aromatic rings. The number of alkyl halides is 6. The van der Waals surface area contributed by atoms with E-state index in [1.54, 1.807) is 4.57 Å². The maximum absolute atomic E-state index is 13.4. The van der Waals surface area contributed by atoms with Crippen molar-refractivity contribution in [3.05, 3.63) is 45.2 Å². The third-order valence-electron chi connectivity index (χ3n) is 5.87. The average molecular weight is 598 g/mol. The Kier molecular flexibility index (Phi) is 9.73. The summed E-state index contributed by atoms with van der Waals surface area (Å²) in [6, 6.07) is 2.20. The van der Waals surface area contributed by atoms with Crippen molar-refractivity contribution in [2.45, 2.75) is 70.4 Å². The van der Waals surface area contributed by atoms with Crippen molar-refractivity contribution >= 4 is 23.2 Å². The highest BCUT2D eigenvalue weighted by molar-refractivity contribution is 7.09. The molecule has 40 heavy (non-hydrogen) atoms. The van der Waals surface area contributed by atoms with Crippen molar-refractivity contribution < 1.29 is 50.6 Å². The van der Waals surface area contributed by atoms with E-state index in [1.807, 2.05) is 27.0 Å². The van der Waals surface area contributed by atoms with Crippen LogP contribution in [0.4, 0.5) is 26.3 Å². The van der Waals surface area contributed by atoms with Crippen LogP contribution in [0, 0.1) is 0 Å². The fourth-order valence-corrected chi connectivity index (χ4v) is 4.80. The first kappa shape index (κ1) is 31.6. The second kappa shape index (κ2) is 12.3. The van der Waals surface area contributed by atoms with E-state index in [-0.39, 0.29) is 28.5 Å². The van der Waals surface area contributed by atoms with E-state index in [4.69, 9.17) is 9.47 Å². The van der Waals surface area contributed by atoms with E-state index in [1.165, 1.54) is 11.3 Å². The second-order valence-corrected chi connectivity index (χ2v) is 11.2. The number of carbonyl (C=O) groups is 2. The Hall–Kier alpha value is -2.91. The molecule has 1 N–H and O–H groups in total. The predicted octanol–water partition coefficient (Wildman–Crippen LogP) is 5.34. The molecule has 222 valence electrons. The third kappa shape index (κ3) is 8.30. The Balaban J connectivity index is 1.89. The highest BCUT2D eigenvalue weighted by Crippen LogP contribution is 2.33. The summed E-state index contributed by atoms with van der Waals surface area (Å²) < 4.78 is 90.3. The molecule has 15 heteroatoms. The molecule has 0 unspecified atom stereocenters. The fourth-order valence-electron chi connectivity index (χ4n) is 3.74. The van der Waals surface area contributed by atoms with Crippen LogP contribution in [0.3, 0.4) is 0 Å². The van der Waals surface area contributed by atoms with Crippen LogP contribution in [0.5, 0.6) is 5.75 Å². The SMILES string of the molecule is CC(C)(C)c1cn(C[C@H]2CCCO2)c(=NC(=O)c2cc(C(F)(F)F)ccc2OCCCN(O)C(=O)C(F)(F)F)s1. The number of hydrogen-bond donors (Lipinski definition) is 1. The quantitative estimate of drug-likeness (QED) is 0.192. The van der Waals surface area contributed by atoms with E-state index in [0.717, 1.165) is 23.8 Å². The summed E-state index contributed by atoms with van der Waals surface area (Å²) in [7, 11) is 0. The van der Waals surface area contributed by atoms with Crippen molar-refractivity contribution in [1.82, 2.24) is 9.63 Å². The van der Waals surface area contributed by atoms with Gasteiger partial charge in [-0.15, -0.1) is 11.3 Å². The van der Waals surface area contributed by atoms with Gasteiger partial charge in [0.05, 0.1) is 36.9 Å². The van der Waals surface area contributed by atoms with Gasteiger partial charge >= 0.3 is 18.3 Å². The lowest BCUT2D eigenvalue weighted by atomic mass is 9.95. The molecule has 1 aromatic heterocycles. The first-order valence-electron chi connectivity index (χ1n) is 12.3. The Morgan fingerprint density at radius 3 is 2.48 bits per heavy atom. The molecular formula is C25H29F6N3O5S. The molecule has 1 aromatic carbocycles. The molecule has 2 amide bonds. The Morgan fingerprint density at radius 1 is 1.20 bits per heavy atom. The summed E-state index contributed by atoms with van der Waals surface area (Å²) in [4.78, 5) is 29.5. The molecule has 1 saturated heterocycles. The number of hydrogen-bond acceptors (Lipinski definition) is 6. The Morgan fingerprint density at radius 2 is 1.90 bits per heavy atom. The second-order valence-electron chi connectivity index (χ2n) is 10.2. The number of aromatic nitrogens is 1. The molecule has 0 aliphatic carbocycles. The summed E-state index contributed by atoms with van der Waals surface area (Å²) in [6.07, 6.45) is -6.93. The van der Waals surface area contributed by atoms with Crippen LogP contribution in [0.25, 0.3) is 0 Å². The molecular weight excluding hydrogens is 568 g/mol. The van der Waals surface area contributed by atoms with Crippen molar-refractivity contribution in [2.24, 2.45) is 4.99 Å². The molecule has 8 nitrogen and oxygen atoms in total. The lowest BCUT2D eigenvalue weighted by Gasteiger charge is -2.17. The number of carbonyl (C=O) groups excluding carboxylic acids is 2. The minimum Gasteiger partial charge on any atom is -0.493 e. The lowest BCUT2D eigenvalue weighted by Crippen LogP contribution is -2.39. The number of thiazole rings is 1. The number of amides is 2. The lowest BCUT2D eigenvalue weighted by molar-refractivity contribution is -0.215. The summed E-state index contributed by atoms with van der Waals surface area (Å²) >= 11 is 1.22. The zero-order chi connectivity index (χ0) is 29.9. The van der Waals surface area contributed by atoms with E-state index < -0.39 is 53.5 Å². The highest BCUT2D eigenvalue weighted by Gasteiger charge is 2.42. The minimum atomic E-state index is -5.28. The molecule has 1 atom stereocenters. The number of halogens is 6. The van der Waals surface area contributed by atoms with Crippen molar-refractivity contribution in [1.29, 1.82) is 0 Å². The Labute approximate surface area is 229 Å². The number of rotatable bonds is 8. The largest absolute Gasteiger partial charge is 0.493 e. The Bertz CT molecular complexity index is 1270. The van der Waals surface area contributed by atoms with Crippen LogP contribution in [0.1, 0.15) is 60.8 Å². The topological polar surface area (TPSA) is 93.4 Å². The highest BCUT2D eigenvalue weighted by atomic mass is 32.1. The van der Waals surface area contributed by atoms with Gasteiger partial charge in [-0.3, -0.25) is 14.8 Å². The van der Waals surface area contributed by atoms with Gasteiger partial charge in [0.2, 0.25) is 0 Å². The van der Waals surface area contributed by atoms with Crippen molar-refractivity contribution in [3.63, 3.8) is 0 Å². The molecule has 1 aliphatic rings. The van der Waals surface area contributed by atoms with Crippen LogP contribution in [0.15, 0.2) is 29.4 Å². The van der Waals surface area contributed by atoms with E-state index >= 15 is 0 Å². The fraction of sp³-hybridized carbons (Fsp3) is 0.560. The first-order chi connectivity index (χ1) is 18.5. The van der Waals surface area contributed by atoms with Gasteiger partial charge < -0.3 is 14.0 Å². The third-order valence-corrected chi connectivity index (χ3v) is 7.31. The van der Waals surface area contributed by atoms with Gasteiger partial charge in [0.1, 0.15) is 5.75 Å². The van der Waals surface area contributed by atoms with Gasteiger partial charge in [-0.05, 0) is 36.5 Å². The maximum Gasteiger partial charge on any atom is 0.473 e. The normalized spacial score (nSPS) is 16.9. The molecule has 2 heterocycles. The molecule has 0 saturated carbocycles. The summed E-state index contributed by atoms with van der Waals surface area (Å²) in [5, 5.41) is 8.74. The molecule has 0 bridgehead atoms. The molecule has 0 radical (unpaired) electrons. The average Bonchev–Trinajstić information content (AvgIpc) is 3.50. The zero-order valence-electron chi connectivity index (χ0n) is 21.9. The summed E-state index contributed by atoms with van der Waals surface area (Å²) in [5.74, 6) is -3.77. The zero-order valence-corrected chi connectivity index (χ0v) is 22.8. The van der Waals surface area contributed by atoms with Crippen LogP contribution in [-0.2, 0) is 27.7 Å². The molecule has 1 aliphatic heterocycles. The van der Waals surface area contributed by atoms with Gasteiger partial charge in [-0.1, -0.05) is 20.8 Å². The first-order valence-corrected chi connectivity index (χ1v) is 13.1. The number of ether oxygens (including phenoxy) is 2. The van der Waals surface area contributed by atoms with Gasteiger partial charge in [0, 0.05) is 24.1 Å². The van der Waals surface area contributed by atoms with Gasteiger partial charge in [0.15, 0.2) is 4.80 Å². The van der Waals surface area contributed by atoms with Crippen LogP contribution in [0.2, 0.25) is 0 Å². The predicted molar refractivity (Wildman–Crippen MR) is 131 cm³/mol. The monoisotopic (exact) mass is 597 g/mol. The maximum atomic E-state index is 13.4. The standard InChI is InChI=1S/C25H29F6N3O5S/c1-23(2,3)19-14-33(13-16-6-4-10-38-16)22(40-19)32-20(35)17-12-15(24(26,27)28)7-8-18(17)39-11-5-9-34(37)21(36)25(29,30)31/h7-8,12,14,16,37H,4-6,9-11,13H2,1-3H3/t16-/m1/s1. The van der Waals surface area contributed by atoms with E-state index in [2.05, 4.69) is 4.99 Å². The van der Waals surface area contributed by atoms with Crippen molar-refractivity contribution in [3.8, 4) is 5.75 Å². The van der Waals surface area contributed by atoms with Crippen LogP contribution < -0.4 is 9.54 Å². The van der Waals surface area contributed by atoms with Gasteiger partial charge in [0.25, 0.3) is 5.91 Å². The van der Waals surface area contributed by atoms with Crippen LogP contribution in [-0.4, -0.2) is 58.7 Å². The van der Waals surface area contributed by atoms with E-state index in [9.17, 15) is 41.1 Å². The summed E-state index contributed by atoms with van der Waals surface area (Å²) in [5.41, 5.74) is -1.92. The van der Waals surface area contributed by atoms with E-state index in [0.29, 0.717) is 25.3 Å². The number of hydroxylamine groups is 2. The molecule has 1 fully saturated rings. The minimum absolute atomic E-state index is 0.0979. The molecule has 0 spiro atoms. The summed E-state index contributed by atoms with van der Waals surface area (Å²) in [6.45, 7) is 5.73. The van der Waals surface area contributed by atoms with Gasteiger partial charge in [-0.2, -0.15) is 31.3 Å².